The minimum atomic E-state index is -1.36. The summed E-state index contributed by atoms with van der Waals surface area (Å²) in [5, 5.41) is 23.0. The molecule has 0 amide bonds. The second-order valence-electron chi connectivity index (χ2n) is 6.19. The van der Waals surface area contributed by atoms with Gasteiger partial charge in [-0.2, -0.15) is 0 Å². The van der Waals surface area contributed by atoms with Gasteiger partial charge in [0.25, 0.3) is 0 Å². The van der Waals surface area contributed by atoms with Gasteiger partial charge in [0.05, 0.1) is 12.6 Å². The van der Waals surface area contributed by atoms with Crippen LogP contribution in [0, 0.1) is 0 Å². The van der Waals surface area contributed by atoms with Crippen LogP contribution in [0.4, 0.5) is 0 Å². The van der Waals surface area contributed by atoms with E-state index in [2.05, 4.69) is 0 Å². The average Bonchev–Trinajstić information content (AvgIpc) is 3.34. The summed E-state index contributed by atoms with van der Waals surface area (Å²) in [5.41, 5.74) is 1.37. The second-order valence-corrected chi connectivity index (χ2v) is 6.19. The van der Waals surface area contributed by atoms with Gasteiger partial charge >= 0.3 is 29.6 Å². The van der Waals surface area contributed by atoms with Crippen molar-refractivity contribution in [3.05, 3.63) is 47.5 Å². The van der Waals surface area contributed by atoms with E-state index in [1.54, 1.807) is 30.3 Å². The summed E-state index contributed by atoms with van der Waals surface area (Å²) in [6, 6.07) is 10.3. The fraction of sp³-hybridized carbons (Fsp3) is 0.150. The maximum absolute atomic E-state index is 11.7. The number of carboxylic acids is 1. The molecule has 2 aliphatic heterocycles. The van der Waals surface area contributed by atoms with Crippen LogP contribution in [0.1, 0.15) is 15.9 Å². The van der Waals surface area contributed by atoms with Crippen molar-refractivity contribution in [1.29, 1.82) is 0 Å². The van der Waals surface area contributed by atoms with Crippen LogP contribution in [0.5, 0.6) is 23.0 Å². The largest absolute Gasteiger partial charge is 1.00 e. The summed E-state index contributed by atoms with van der Waals surface area (Å²) < 4.78 is 21.9. The molecule has 0 fully saturated rings. The number of hydrogen-bond acceptors (Lipinski definition) is 7. The Morgan fingerprint density at radius 3 is 2.46 bits per heavy atom. The van der Waals surface area contributed by atoms with Crippen LogP contribution >= 0.6 is 0 Å². The molecule has 28 heavy (non-hydrogen) atoms. The third kappa shape index (κ3) is 2.79. The Bertz CT molecular complexity index is 1110. The third-order valence-electron chi connectivity index (χ3n) is 4.79. The fourth-order valence-electron chi connectivity index (χ4n) is 3.61. The minimum absolute atomic E-state index is 0. The number of aromatic carboxylic acids is 1. The van der Waals surface area contributed by atoms with Crippen LogP contribution in [0.15, 0.2) is 36.4 Å². The number of aliphatic hydroxyl groups is 1. The smallest absolute Gasteiger partial charge is 0.545 e. The SMILES string of the molecule is O=C([O-])c1cc2ccc3c(c2c(-c2ccc4c(c2)OCO4)c1CO)OCO3.[Na+]. The molecule has 5 rings (SSSR count). The number of hydrogen-bond donors (Lipinski definition) is 1. The first kappa shape index (κ1) is 18.9. The molecular formula is C20H13NaO7. The monoisotopic (exact) mass is 388 g/mol. The number of fused-ring (bicyclic) bond motifs is 4. The Hall–Kier alpha value is -2.45. The number of ether oxygens (including phenoxy) is 4. The Morgan fingerprint density at radius 2 is 1.68 bits per heavy atom. The van der Waals surface area contributed by atoms with E-state index in [1.807, 2.05) is 0 Å². The Morgan fingerprint density at radius 1 is 0.964 bits per heavy atom. The molecule has 7 nitrogen and oxygen atoms in total. The molecule has 0 saturated carbocycles. The van der Waals surface area contributed by atoms with Gasteiger partial charge in [0, 0.05) is 10.9 Å². The molecule has 0 aliphatic carbocycles. The first-order valence-electron chi connectivity index (χ1n) is 8.28. The van der Waals surface area contributed by atoms with Gasteiger partial charge in [-0.3, -0.25) is 0 Å². The van der Waals surface area contributed by atoms with Gasteiger partial charge in [-0.05, 0) is 46.3 Å². The van der Waals surface area contributed by atoms with Crippen molar-refractivity contribution in [3.63, 3.8) is 0 Å². The van der Waals surface area contributed by atoms with Crippen molar-refractivity contribution in [1.82, 2.24) is 0 Å². The second kappa shape index (κ2) is 7.18. The number of carbonyl (C=O) groups excluding carboxylic acids is 1. The van der Waals surface area contributed by atoms with E-state index in [0.29, 0.717) is 44.9 Å². The maximum atomic E-state index is 11.7. The molecule has 136 valence electrons. The fourth-order valence-corrected chi connectivity index (χ4v) is 3.61. The molecule has 2 heterocycles. The predicted octanol–water partition coefficient (Wildman–Crippen LogP) is -1.18. The van der Waals surface area contributed by atoms with Gasteiger partial charge in [0.15, 0.2) is 23.0 Å². The van der Waals surface area contributed by atoms with Crippen molar-refractivity contribution >= 4 is 16.7 Å². The summed E-state index contributed by atoms with van der Waals surface area (Å²) in [4.78, 5) is 11.7. The first-order chi connectivity index (χ1) is 13.2. The number of rotatable bonds is 3. The zero-order chi connectivity index (χ0) is 18.5. The topological polar surface area (TPSA) is 97.3 Å². The Balaban J connectivity index is 0.00000192. The van der Waals surface area contributed by atoms with E-state index in [9.17, 15) is 15.0 Å². The van der Waals surface area contributed by atoms with Gasteiger partial charge in [-0.1, -0.05) is 12.1 Å². The summed E-state index contributed by atoms with van der Waals surface area (Å²) in [6.45, 7) is -0.281. The van der Waals surface area contributed by atoms with Gasteiger partial charge in [0.1, 0.15) is 0 Å². The van der Waals surface area contributed by atoms with Gasteiger partial charge in [-0.15, -0.1) is 0 Å². The van der Waals surface area contributed by atoms with Crippen molar-refractivity contribution < 1.29 is 63.5 Å². The molecule has 3 aromatic rings. The van der Waals surface area contributed by atoms with Crippen LogP contribution in [-0.4, -0.2) is 24.7 Å². The van der Waals surface area contributed by atoms with Crippen molar-refractivity contribution in [2.24, 2.45) is 0 Å². The van der Waals surface area contributed by atoms with Gasteiger partial charge in [-0.25, -0.2) is 0 Å². The van der Waals surface area contributed by atoms with Crippen LogP contribution < -0.4 is 53.6 Å². The molecule has 0 radical (unpaired) electrons. The first-order valence-corrected chi connectivity index (χ1v) is 8.28. The molecule has 0 atom stereocenters. The zero-order valence-corrected chi connectivity index (χ0v) is 17.0. The van der Waals surface area contributed by atoms with Crippen molar-refractivity contribution in [3.8, 4) is 34.1 Å². The molecule has 8 heteroatoms. The van der Waals surface area contributed by atoms with E-state index in [-0.39, 0.29) is 54.3 Å². The molecule has 0 aromatic heterocycles. The number of carboxylic acid groups (broad SMARTS) is 1. The van der Waals surface area contributed by atoms with Crippen molar-refractivity contribution in [2.75, 3.05) is 13.6 Å². The molecule has 1 N–H and O–H groups in total. The summed E-state index contributed by atoms with van der Waals surface area (Å²) in [6.07, 6.45) is 0. The molecular weight excluding hydrogens is 375 g/mol. The number of benzene rings is 3. The van der Waals surface area contributed by atoms with Gasteiger partial charge in [0.2, 0.25) is 13.6 Å². The number of aliphatic hydroxyl groups excluding tert-OH is 1. The molecule has 0 saturated heterocycles. The molecule has 0 bridgehead atoms. The van der Waals surface area contributed by atoms with E-state index in [4.69, 9.17) is 18.9 Å². The van der Waals surface area contributed by atoms with Crippen LogP contribution in [0.25, 0.3) is 21.9 Å². The maximum Gasteiger partial charge on any atom is 1.00 e. The molecule has 0 spiro atoms. The molecule has 3 aromatic carbocycles. The number of carbonyl (C=O) groups is 1. The van der Waals surface area contributed by atoms with Crippen molar-refractivity contribution in [2.45, 2.75) is 6.61 Å². The van der Waals surface area contributed by atoms with E-state index in [1.165, 1.54) is 6.07 Å². The minimum Gasteiger partial charge on any atom is -0.545 e. The van der Waals surface area contributed by atoms with Crippen LogP contribution in [0.3, 0.4) is 0 Å². The quantitative estimate of drug-likeness (QED) is 0.565. The van der Waals surface area contributed by atoms with Crippen LogP contribution in [-0.2, 0) is 6.61 Å². The average molecular weight is 388 g/mol. The normalized spacial score (nSPS) is 13.5. The molecule has 2 aliphatic rings. The van der Waals surface area contributed by atoms with E-state index in [0.717, 1.165) is 0 Å². The Labute approximate surface area is 181 Å². The zero-order valence-electron chi connectivity index (χ0n) is 15.0. The standard InChI is InChI=1S/C20H14O7.Na/c21-7-13-12(20(22)23)5-10-2-4-15-19(27-9-25-15)18(10)17(13)11-1-3-14-16(6-11)26-8-24-14;/h1-6,21H,7-9H2,(H,22,23);/q;+1/p-1. The third-order valence-corrected chi connectivity index (χ3v) is 4.79. The Kier molecular flexibility index (Phi) is 4.84. The summed E-state index contributed by atoms with van der Waals surface area (Å²) in [7, 11) is 0. The predicted molar refractivity (Wildman–Crippen MR) is 91.9 cm³/mol. The van der Waals surface area contributed by atoms with E-state index >= 15 is 0 Å². The van der Waals surface area contributed by atoms with Crippen LogP contribution in [0.2, 0.25) is 0 Å². The van der Waals surface area contributed by atoms with E-state index < -0.39 is 12.6 Å². The summed E-state index contributed by atoms with van der Waals surface area (Å²) >= 11 is 0. The summed E-state index contributed by atoms with van der Waals surface area (Å²) in [5.74, 6) is 0.873. The molecule has 0 unspecified atom stereocenters. The van der Waals surface area contributed by atoms with Gasteiger partial charge < -0.3 is 34.0 Å².